The van der Waals surface area contributed by atoms with Crippen LogP contribution in [0.5, 0.6) is 0 Å². The normalized spacial score (nSPS) is 19.5. The molecule has 1 heterocycles. The summed E-state index contributed by atoms with van der Waals surface area (Å²) < 4.78 is 18.4. The van der Waals surface area contributed by atoms with E-state index in [0.29, 0.717) is 17.4 Å². The molecule has 1 aromatic carbocycles. The zero-order chi connectivity index (χ0) is 12.1. The molecule has 1 fully saturated rings. The van der Waals surface area contributed by atoms with Gasteiger partial charge in [0.05, 0.1) is 11.9 Å². The molecule has 1 atom stereocenters. The monoisotopic (exact) mass is 254 g/mol. The Balaban J connectivity index is 1.77. The molecule has 1 aliphatic heterocycles. The molecule has 92 valence electrons. The maximum Gasteiger partial charge on any atom is 0.172 e. The molecule has 0 N–H and O–H groups in total. The van der Waals surface area contributed by atoms with Crippen LogP contribution in [0.4, 0.5) is 4.39 Å². The van der Waals surface area contributed by atoms with Gasteiger partial charge in [0.1, 0.15) is 5.82 Å². The van der Waals surface area contributed by atoms with Crippen LogP contribution in [0.15, 0.2) is 24.3 Å². The van der Waals surface area contributed by atoms with Gasteiger partial charge in [0.2, 0.25) is 0 Å². The number of thioether (sulfide) groups is 1. The number of hydrogen-bond donors (Lipinski definition) is 0. The molecule has 2 nitrogen and oxygen atoms in total. The van der Waals surface area contributed by atoms with Crippen LogP contribution in [0.3, 0.4) is 0 Å². The SMILES string of the molecule is O=C(CSCC1CCCO1)c1cccc(F)c1. The third-order valence-electron chi connectivity index (χ3n) is 2.71. The fraction of sp³-hybridized carbons (Fsp3) is 0.462. The highest BCUT2D eigenvalue weighted by Crippen LogP contribution is 2.18. The second-order valence-corrected chi connectivity index (χ2v) is 5.11. The summed E-state index contributed by atoms with van der Waals surface area (Å²) in [5, 5.41) is 0. The van der Waals surface area contributed by atoms with Gasteiger partial charge in [0.15, 0.2) is 5.78 Å². The molecule has 1 unspecified atom stereocenters. The summed E-state index contributed by atoms with van der Waals surface area (Å²) >= 11 is 1.56. The molecule has 0 bridgehead atoms. The minimum atomic E-state index is -0.361. The Kier molecular flexibility index (Phi) is 4.57. The van der Waals surface area contributed by atoms with E-state index in [2.05, 4.69) is 0 Å². The lowest BCUT2D eigenvalue weighted by atomic mass is 10.1. The average molecular weight is 254 g/mol. The van der Waals surface area contributed by atoms with Crippen molar-refractivity contribution in [3.8, 4) is 0 Å². The molecule has 1 aromatic rings. The molecule has 1 aliphatic rings. The zero-order valence-electron chi connectivity index (χ0n) is 9.52. The Hall–Kier alpha value is -0.870. The predicted octanol–water partition coefficient (Wildman–Crippen LogP) is 2.92. The first-order chi connectivity index (χ1) is 8.25. The van der Waals surface area contributed by atoms with E-state index in [1.54, 1.807) is 23.9 Å². The zero-order valence-corrected chi connectivity index (χ0v) is 10.3. The van der Waals surface area contributed by atoms with E-state index >= 15 is 0 Å². The van der Waals surface area contributed by atoms with Crippen molar-refractivity contribution in [3.63, 3.8) is 0 Å². The van der Waals surface area contributed by atoms with Gasteiger partial charge in [-0.25, -0.2) is 4.39 Å². The second kappa shape index (κ2) is 6.17. The number of halogens is 1. The minimum Gasteiger partial charge on any atom is -0.377 e. The third-order valence-corrected chi connectivity index (χ3v) is 3.78. The van der Waals surface area contributed by atoms with Gasteiger partial charge in [-0.2, -0.15) is 11.8 Å². The molecule has 17 heavy (non-hydrogen) atoms. The maximum absolute atomic E-state index is 12.9. The van der Waals surface area contributed by atoms with Crippen molar-refractivity contribution >= 4 is 17.5 Å². The molecule has 0 aliphatic carbocycles. The van der Waals surface area contributed by atoms with Gasteiger partial charge in [-0.05, 0) is 25.0 Å². The lowest BCUT2D eigenvalue weighted by molar-refractivity contribution is 0.102. The van der Waals surface area contributed by atoms with Crippen molar-refractivity contribution in [2.24, 2.45) is 0 Å². The Morgan fingerprint density at radius 2 is 2.41 bits per heavy atom. The Bertz CT molecular complexity index is 389. The topological polar surface area (TPSA) is 26.3 Å². The molecule has 0 saturated carbocycles. The van der Waals surface area contributed by atoms with E-state index in [1.807, 2.05) is 0 Å². The average Bonchev–Trinajstić information content (AvgIpc) is 2.82. The molecule has 0 amide bonds. The van der Waals surface area contributed by atoms with Crippen LogP contribution in [0, 0.1) is 5.82 Å². The number of benzene rings is 1. The number of rotatable bonds is 5. The van der Waals surface area contributed by atoms with Gasteiger partial charge >= 0.3 is 0 Å². The Morgan fingerprint density at radius 3 is 3.12 bits per heavy atom. The van der Waals surface area contributed by atoms with Gasteiger partial charge < -0.3 is 4.74 Å². The van der Waals surface area contributed by atoms with Crippen LogP contribution in [0.1, 0.15) is 23.2 Å². The van der Waals surface area contributed by atoms with E-state index in [9.17, 15) is 9.18 Å². The number of ketones is 1. The molecule has 0 aromatic heterocycles. The lowest BCUT2D eigenvalue weighted by Crippen LogP contribution is -2.11. The van der Waals surface area contributed by atoms with E-state index in [0.717, 1.165) is 25.2 Å². The van der Waals surface area contributed by atoms with E-state index in [-0.39, 0.29) is 11.6 Å². The first-order valence-corrected chi connectivity index (χ1v) is 6.89. The summed E-state index contributed by atoms with van der Waals surface area (Å²) in [6, 6.07) is 5.84. The van der Waals surface area contributed by atoms with Crippen LogP contribution in [0.25, 0.3) is 0 Å². The highest BCUT2D eigenvalue weighted by molar-refractivity contribution is 8.00. The third kappa shape index (κ3) is 3.82. The fourth-order valence-electron chi connectivity index (χ4n) is 1.80. The Labute approximate surface area is 105 Å². The highest BCUT2D eigenvalue weighted by atomic mass is 32.2. The van der Waals surface area contributed by atoms with Crippen LogP contribution in [-0.2, 0) is 4.74 Å². The molecular weight excluding hydrogens is 239 g/mol. The molecule has 2 rings (SSSR count). The molecule has 1 saturated heterocycles. The quantitative estimate of drug-likeness (QED) is 0.756. The number of Topliss-reactive ketones (excluding diaryl/α,β-unsaturated/α-hetero) is 1. The van der Waals surface area contributed by atoms with E-state index < -0.39 is 0 Å². The van der Waals surface area contributed by atoms with Crippen molar-refractivity contribution in [2.45, 2.75) is 18.9 Å². The number of hydrogen-bond acceptors (Lipinski definition) is 3. The maximum atomic E-state index is 12.9. The summed E-state index contributed by atoms with van der Waals surface area (Å²) in [5.74, 6) is 0.858. The first kappa shape index (κ1) is 12.6. The van der Waals surface area contributed by atoms with Crippen molar-refractivity contribution < 1.29 is 13.9 Å². The summed E-state index contributed by atoms with van der Waals surface area (Å²) in [6.07, 6.45) is 2.49. The van der Waals surface area contributed by atoms with Gasteiger partial charge in [-0.3, -0.25) is 4.79 Å². The fourth-order valence-corrected chi connectivity index (χ4v) is 2.80. The van der Waals surface area contributed by atoms with E-state index in [1.165, 1.54) is 12.1 Å². The van der Waals surface area contributed by atoms with Crippen LogP contribution in [-0.4, -0.2) is 30.0 Å². The smallest absolute Gasteiger partial charge is 0.172 e. The van der Waals surface area contributed by atoms with Crippen molar-refractivity contribution in [1.29, 1.82) is 0 Å². The van der Waals surface area contributed by atoms with Gasteiger partial charge in [0, 0.05) is 17.9 Å². The number of carbonyl (C=O) groups excluding carboxylic acids is 1. The molecule has 0 radical (unpaired) electrons. The van der Waals surface area contributed by atoms with Crippen molar-refractivity contribution in [2.75, 3.05) is 18.1 Å². The van der Waals surface area contributed by atoms with Gasteiger partial charge in [0.25, 0.3) is 0 Å². The highest BCUT2D eigenvalue weighted by Gasteiger charge is 2.16. The predicted molar refractivity (Wildman–Crippen MR) is 67.0 cm³/mol. The number of ether oxygens (including phenoxy) is 1. The largest absolute Gasteiger partial charge is 0.377 e. The lowest BCUT2D eigenvalue weighted by Gasteiger charge is -2.07. The minimum absolute atomic E-state index is 0.0208. The van der Waals surface area contributed by atoms with Gasteiger partial charge in [-0.1, -0.05) is 12.1 Å². The van der Waals surface area contributed by atoms with Crippen LogP contribution in [0.2, 0.25) is 0 Å². The first-order valence-electron chi connectivity index (χ1n) is 5.74. The van der Waals surface area contributed by atoms with E-state index in [4.69, 9.17) is 4.74 Å². The van der Waals surface area contributed by atoms with Crippen LogP contribution >= 0.6 is 11.8 Å². The Morgan fingerprint density at radius 1 is 1.53 bits per heavy atom. The molecule has 0 spiro atoms. The standard InChI is InChI=1S/C13H15FO2S/c14-11-4-1-3-10(7-11)13(15)9-17-8-12-5-2-6-16-12/h1,3-4,7,12H,2,5-6,8-9H2. The summed E-state index contributed by atoms with van der Waals surface area (Å²) in [7, 11) is 0. The second-order valence-electron chi connectivity index (χ2n) is 4.08. The van der Waals surface area contributed by atoms with Crippen molar-refractivity contribution in [1.82, 2.24) is 0 Å². The number of carbonyl (C=O) groups is 1. The van der Waals surface area contributed by atoms with Crippen molar-refractivity contribution in [3.05, 3.63) is 35.6 Å². The summed E-state index contributed by atoms with van der Waals surface area (Å²) in [4.78, 5) is 11.7. The molecule has 4 heteroatoms. The summed E-state index contributed by atoms with van der Waals surface area (Å²) in [6.45, 7) is 0.836. The van der Waals surface area contributed by atoms with Crippen LogP contribution < -0.4 is 0 Å². The molecular formula is C13H15FO2S. The summed E-state index contributed by atoms with van der Waals surface area (Å²) in [5.41, 5.74) is 0.449. The van der Waals surface area contributed by atoms with Gasteiger partial charge in [-0.15, -0.1) is 0 Å².